The molecule has 0 spiro atoms. The smallest absolute Gasteiger partial charge is 0.744 e. The second kappa shape index (κ2) is 9.53. The van der Waals surface area contributed by atoms with E-state index in [-0.39, 0.29) is 57.5 Å². The van der Waals surface area contributed by atoms with Crippen LogP contribution in [0.4, 0.5) is 22.7 Å². The molecule has 0 atom stereocenters. The number of anilines is 4. The van der Waals surface area contributed by atoms with Gasteiger partial charge in [-0.3, -0.25) is 9.59 Å². The van der Waals surface area contributed by atoms with Crippen LogP contribution in [0.25, 0.3) is 11.1 Å². The van der Waals surface area contributed by atoms with Crippen molar-refractivity contribution in [3.05, 3.63) is 101 Å². The van der Waals surface area contributed by atoms with E-state index < -0.39 is 32.3 Å². The Hall–Kier alpha value is -3.47. The molecule has 5 rings (SSSR count). The molecule has 0 bridgehead atoms. The molecule has 0 heterocycles. The molecule has 4 aromatic rings. The van der Waals surface area contributed by atoms with Gasteiger partial charge in [-0.05, 0) is 41.5 Å². The molecule has 0 unspecified atom stereocenters. The van der Waals surface area contributed by atoms with Crippen molar-refractivity contribution in [1.82, 2.24) is 0 Å². The van der Waals surface area contributed by atoms with Crippen LogP contribution in [0.1, 0.15) is 31.8 Å². The van der Waals surface area contributed by atoms with Crippen molar-refractivity contribution in [1.29, 1.82) is 0 Å². The summed E-state index contributed by atoms with van der Waals surface area (Å²) in [6, 6.07) is 21.6. The Balaban J connectivity index is 0.00000304. The summed E-state index contributed by atoms with van der Waals surface area (Å²) in [5.74, 6) is -1.13. The second-order valence-corrected chi connectivity index (χ2v) is 9.42. The van der Waals surface area contributed by atoms with Gasteiger partial charge in [0.05, 0.1) is 27.4 Å². The summed E-state index contributed by atoms with van der Waals surface area (Å²) in [5, 5.41) is 2.99. The fraction of sp³-hybridized carbons (Fsp3) is 0. The SMILES string of the molecule is Nc1ccc(-c2ccc(Nc3cc(S(=O)(=O)[O-])c(N)c4c3C(=O)c3ccccc3C4=O)cc2)cc1.[Na+]. The summed E-state index contributed by atoms with van der Waals surface area (Å²) in [5.41, 5.74) is 14.0. The first-order chi connectivity index (χ1) is 16.6. The number of fused-ring (bicyclic) bond motifs is 2. The van der Waals surface area contributed by atoms with Gasteiger partial charge in [0, 0.05) is 22.5 Å². The molecule has 0 radical (unpaired) electrons. The van der Waals surface area contributed by atoms with Crippen LogP contribution in [0.2, 0.25) is 0 Å². The van der Waals surface area contributed by atoms with Crippen molar-refractivity contribution in [3.8, 4) is 11.1 Å². The van der Waals surface area contributed by atoms with E-state index in [4.69, 9.17) is 11.5 Å². The van der Waals surface area contributed by atoms with Crippen molar-refractivity contribution >= 4 is 44.4 Å². The largest absolute Gasteiger partial charge is 1.00 e. The van der Waals surface area contributed by atoms with Crippen LogP contribution in [0, 0.1) is 0 Å². The van der Waals surface area contributed by atoms with Crippen molar-refractivity contribution in [2.45, 2.75) is 4.90 Å². The van der Waals surface area contributed by atoms with Crippen molar-refractivity contribution in [2.75, 3.05) is 16.8 Å². The standard InChI is InChI=1S/C26H19N3O5S.Na/c27-16-9-5-14(6-10-16)15-7-11-17(12-8-15)29-20-13-21(35(32,33)34)24(28)23-22(20)25(30)18-3-1-2-4-19(18)26(23)31;/h1-13,29H,27-28H2,(H,32,33,34);/q;+1/p-1. The van der Waals surface area contributed by atoms with Gasteiger partial charge >= 0.3 is 29.6 Å². The van der Waals surface area contributed by atoms with E-state index in [9.17, 15) is 22.6 Å². The number of carbonyl (C=O) groups is 2. The topological polar surface area (TPSA) is 155 Å². The molecule has 0 fully saturated rings. The van der Waals surface area contributed by atoms with Crippen molar-refractivity contribution in [3.63, 3.8) is 0 Å². The summed E-state index contributed by atoms with van der Waals surface area (Å²) in [4.78, 5) is 25.8. The maximum atomic E-state index is 13.4. The van der Waals surface area contributed by atoms with Gasteiger partial charge in [0.1, 0.15) is 10.1 Å². The fourth-order valence-electron chi connectivity index (χ4n) is 4.18. The van der Waals surface area contributed by atoms with Gasteiger partial charge in [0.2, 0.25) is 0 Å². The Morgan fingerprint density at radius 2 is 1.22 bits per heavy atom. The minimum absolute atomic E-state index is 0. The number of ketones is 2. The van der Waals surface area contributed by atoms with E-state index >= 15 is 0 Å². The molecular formula is C26H18N3NaO5S. The first kappa shape index (κ1) is 25.6. The minimum Gasteiger partial charge on any atom is -0.744 e. The molecule has 8 nitrogen and oxygen atoms in total. The predicted molar refractivity (Wildman–Crippen MR) is 132 cm³/mol. The zero-order chi connectivity index (χ0) is 24.9. The average Bonchev–Trinajstić information content (AvgIpc) is 2.83. The van der Waals surface area contributed by atoms with Crippen LogP contribution in [0.15, 0.2) is 83.8 Å². The van der Waals surface area contributed by atoms with Crippen LogP contribution >= 0.6 is 0 Å². The molecule has 36 heavy (non-hydrogen) atoms. The Kier molecular flexibility index (Phi) is 6.78. The van der Waals surface area contributed by atoms with E-state index in [0.717, 1.165) is 17.2 Å². The number of nitrogens with two attached hydrogens (primary N) is 2. The summed E-state index contributed by atoms with van der Waals surface area (Å²) in [7, 11) is -5.04. The van der Waals surface area contributed by atoms with Crippen LogP contribution in [-0.4, -0.2) is 24.5 Å². The van der Waals surface area contributed by atoms with Gasteiger partial charge < -0.3 is 21.3 Å². The molecule has 174 valence electrons. The van der Waals surface area contributed by atoms with Gasteiger partial charge in [0.25, 0.3) is 0 Å². The number of carbonyl (C=O) groups excluding carboxylic acids is 2. The molecule has 0 saturated carbocycles. The number of rotatable bonds is 4. The average molecular weight is 508 g/mol. The van der Waals surface area contributed by atoms with Crippen LogP contribution in [0.5, 0.6) is 0 Å². The molecule has 10 heteroatoms. The third-order valence-corrected chi connectivity index (χ3v) is 6.75. The van der Waals surface area contributed by atoms with Crippen molar-refractivity contribution in [2.24, 2.45) is 0 Å². The normalized spacial score (nSPS) is 12.4. The van der Waals surface area contributed by atoms with Crippen molar-refractivity contribution < 1.29 is 52.1 Å². The second-order valence-electron chi connectivity index (χ2n) is 8.07. The quantitative estimate of drug-likeness (QED) is 0.184. The molecule has 1 aliphatic rings. The van der Waals surface area contributed by atoms with Gasteiger partial charge in [-0.2, -0.15) is 0 Å². The molecular weight excluding hydrogens is 489 g/mol. The summed E-state index contributed by atoms with van der Waals surface area (Å²) < 4.78 is 35.8. The van der Waals surface area contributed by atoms with E-state index in [0.29, 0.717) is 11.4 Å². The number of benzene rings is 4. The predicted octanol–water partition coefficient (Wildman–Crippen LogP) is 0.945. The summed E-state index contributed by atoms with van der Waals surface area (Å²) >= 11 is 0. The molecule has 0 saturated heterocycles. The fourth-order valence-corrected chi connectivity index (χ4v) is 4.81. The summed E-state index contributed by atoms with van der Waals surface area (Å²) in [6.07, 6.45) is 0. The molecule has 5 N–H and O–H groups in total. The maximum Gasteiger partial charge on any atom is 1.00 e. The van der Waals surface area contributed by atoms with E-state index in [1.165, 1.54) is 12.1 Å². The molecule has 4 aromatic carbocycles. The number of nitrogen functional groups attached to an aromatic ring is 2. The monoisotopic (exact) mass is 507 g/mol. The van der Waals surface area contributed by atoms with Gasteiger partial charge in [0.15, 0.2) is 11.6 Å². The zero-order valence-corrected chi connectivity index (χ0v) is 21.9. The Morgan fingerprint density at radius 3 is 1.75 bits per heavy atom. The molecule has 1 aliphatic carbocycles. The third-order valence-electron chi connectivity index (χ3n) is 5.88. The Morgan fingerprint density at radius 1 is 0.722 bits per heavy atom. The van der Waals surface area contributed by atoms with E-state index in [1.807, 2.05) is 24.3 Å². The van der Waals surface area contributed by atoms with Gasteiger partial charge in [-0.1, -0.05) is 48.5 Å². The number of nitrogens with one attached hydrogen (secondary N) is 1. The third kappa shape index (κ3) is 4.43. The zero-order valence-electron chi connectivity index (χ0n) is 19.1. The van der Waals surface area contributed by atoms with Crippen LogP contribution in [-0.2, 0) is 10.1 Å². The van der Waals surface area contributed by atoms with E-state index in [2.05, 4.69) is 5.32 Å². The number of hydrogen-bond donors (Lipinski definition) is 3. The van der Waals surface area contributed by atoms with Crippen LogP contribution < -0.4 is 46.3 Å². The minimum atomic E-state index is -5.04. The first-order valence-corrected chi connectivity index (χ1v) is 11.9. The molecule has 0 aliphatic heterocycles. The van der Waals surface area contributed by atoms with Gasteiger partial charge in [-0.25, -0.2) is 8.42 Å². The molecule has 0 amide bonds. The summed E-state index contributed by atoms with van der Waals surface area (Å²) in [6.45, 7) is 0. The Labute approximate surface area is 229 Å². The first-order valence-electron chi connectivity index (χ1n) is 10.5. The van der Waals surface area contributed by atoms with Crippen LogP contribution in [0.3, 0.4) is 0 Å². The van der Waals surface area contributed by atoms with Gasteiger partial charge in [-0.15, -0.1) is 0 Å². The Bertz CT molecular complexity index is 1630. The maximum absolute atomic E-state index is 13.4. The van der Waals surface area contributed by atoms with E-state index in [1.54, 1.807) is 36.4 Å². The molecule has 0 aromatic heterocycles. The number of hydrogen-bond acceptors (Lipinski definition) is 8.